The zero-order valence-corrected chi connectivity index (χ0v) is 9.85. The first-order chi connectivity index (χ1) is 8.24. The molecule has 17 heavy (non-hydrogen) atoms. The highest BCUT2D eigenvalue weighted by Crippen LogP contribution is 2.26. The number of aliphatic carboxylic acids is 1. The van der Waals surface area contributed by atoms with Crippen molar-refractivity contribution >= 4 is 17.7 Å². The fraction of sp³-hybridized carbons (Fsp3) is 0.0769. The first-order valence-corrected chi connectivity index (χ1v) is 5.94. The molecule has 0 atom stereocenters. The van der Waals surface area contributed by atoms with Gasteiger partial charge >= 0.3 is 5.97 Å². The van der Waals surface area contributed by atoms with Crippen LogP contribution in [0, 0.1) is 0 Å². The summed E-state index contributed by atoms with van der Waals surface area (Å²) in [7, 11) is 0. The maximum absolute atomic E-state index is 10.5. The van der Waals surface area contributed by atoms with Crippen LogP contribution in [0.25, 0.3) is 0 Å². The van der Waals surface area contributed by atoms with Gasteiger partial charge in [-0.2, -0.15) is 0 Å². The van der Waals surface area contributed by atoms with Crippen LogP contribution in [0.15, 0.2) is 58.6 Å². The number of hydrogen-bond acceptors (Lipinski definition) is 3. The van der Waals surface area contributed by atoms with Gasteiger partial charge in [-0.25, -0.2) is 0 Å². The summed E-state index contributed by atoms with van der Waals surface area (Å²) >= 11 is 1.63. The summed E-state index contributed by atoms with van der Waals surface area (Å²) in [5, 5.41) is 8.66. The number of carboxylic acid groups (broad SMARTS) is 1. The van der Waals surface area contributed by atoms with Gasteiger partial charge in [-0.05, 0) is 29.8 Å². The minimum atomic E-state index is -0.806. The highest BCUT2D eigenvalue weighted by atomic mass is 32.2. The Hall–Kier alpha value is -1.81. The van der Waals surface area contributed by atoms with E-state index in [1.807, 2.05) is 36.4 Å². The maximum Gasteiger partial charge on any atom is 0.307 e. The second-order valence-electron chi connectivity index (χ2n) is 3.50. The van der Waals surface area contributed by atoms with E-state index >= 15 is 0 Å². The Morgan fingerprint density at radius 3 is 2.24 bits per heavy atom. The van der Waals surface area contributed by atoms with Crippen molar-refractivity contribution in [3.63, 3.8) is 0 Å². The predicted octanol–water partition coefficient (Wildman–Crippen LogP) is 2.86. The van der Waals surface area contributed by atoms with Gasteiger partial charge in [-0.15, -0.1) is 0 Å². The lowest BCUT2D eigenvalue weighted by atomic mass is 10.2. The number of aromatic nitrogens is 1. The third-order valence-corrected chi connectivity index (χ3v) is 3.18. The predicted molar refractivity (Wildman–Crippen MR) is 66.1 cm³/mol. The molecule has 1 aromatic carbocycles. The SMILES string of the molecule is O=C(O)Cc1ccc(Sc2ccncc2)cc1. The normalized spacial score (nSPS) is 10.1. The van der Waals surface area contributed by atoms with Gasteiger partial charge in [-0.1, -0.05) is 23.9 Å². The summed E-state index contributed by atoms with van der Waals surface area (Å²) in [5.74, 6) is -0.806. The molecule has 0 fully saturated rings. The lowest BCUT2D eigenvalue weighted by molar-refractivity contribution is -0.136. The average Bonchev–Trinajstić information content (AvgIpc) is 2.32. The van der Waals surface area contributed by atoms with Crippen LogP contribution in [-0.2, 0) is 11.2 Å². The van der Waals surface area contributed by atoms with Crippen molar-refractivity contribution in [2.45, 2.75) is 16.2 Å². The monoisotopic (exact) mass is 245 g/mol. The Bertz CT molecular complexity index is 497. The van der Waals surface area contributed by atoms with Gasteiger partial charge in [0.2, 0.25) is 0 Å². The van der Waals surface area contributed by atoms with Gasteiger partial charge in [0.05, 0.1) is 6.42 Å². The molecule has 0 aliphatic heterocycles. The van der Waals surface area contributed by atoms with E-state index in [1.165, 1.54) is 0 Å². The van der Waals surface area contributed by atoms with Crippen molar-refractivity contribution in [3.05, 3.63) is 54.4 Å². The molecule has 0 aliphatic carbocycles. The van der Waals surface area contributed by atoms with Crippen LogP contribution in [0.1, 0.15) is 5.56 Å². The number of nitrogens with zero attached hydrogens (tertiary/aromatic N) is 1. The second-order valence-corrected chi connectivity index (χ2v) is 4.65. The second kappa shape index (κ2) is 5.50. The first kappa shape index (κ1) is 11.7. The summed E-state index contributed by atoms with van der Waals surface area (Å²) in [5.41, 5.74) is 0.816. The fourth-order valence-electron chi connectivity index (χ4n) is 1.39. The summed E-state index contributed by atoms with van der Waals surface area (Å²) in [6, 6.07) is 11.4. The van der Waals surface area contributed by atoms with E-state index in [9.17, 15) is 4.79 Å². The van der Waals surface area contributed by atoms with Crippen molar-refractivity contribution in [1.82, 2.24) is 4.98 Å². The maximum atomic E-state index is 10.5. The van der Waals surface area contributed by atoms with E-state index in [0.29, 0.717) is 0 Å². The zero-order valence-electron chi connectivity index (χ0n) is 9.04. The van der Waals surface area contributed by atoms with Crippen LogP contribution in [-0.4, -0.2) is 16.1 Å². The van der Waals surface area contributed by atoms with Crippen LogP contribution < -0.4 is 0 Å². The third kappa shape index (κ3) is 3.60. The van der Waals surface area contributed by atoms with Crippen molar-refractivity contribution < 1.29 is 9.90 Å². The average molecular weight is 245 g/mol. The fourth-order valence-corrected chi connectivity index (χ4v) is 2.19. The number of benzene rings is 1. The summed E-state index contributed by atoms with van der Waals surface area (Å²) in [4.78, 5) is 16.7. The quantitative estimate of drug-likeness (QED) is 0.899. The van der Waals surface area contributed by atoms with E-state index in [4.69, 9.17) is 5.11 Å². The molecule has 0 unspecified atom stereocenters. The van der Waals surface area contributed by atoms with Crippen LogP contribution in [0.5, 0.6) is 0 Å². The van der Waals surface area contributed by atoms with Crippen LogP contribution in [0.2, 0.25) is 0 Å². The highest BCUT2D eigenvalue weighted by Gasteiger charge is 2.01. The van der Waals surface area contributed by atoms with E-state index in [-0.39, 0.29) is 6.42 Å². The smallest absolute Gasteiger partial charge is 0.307 e. The molecule has 4 heteroatoms. The lowest BCUT2D eigenvalue weighted by Gasteiger charge is -2.02. The molecule has 2 rings (SSSR count). The number of rotatable bonds is 4. The Balaban J connectivity index is 2.06. The minimum Gasteiger partial charge on any atom is -0.481 e. The number of carboxylic acids is 1. The molecule has 0 bridgehead atoms. The van der Waals surface area contributed by atoms with E-state index in [1.54, 1.807) is 24.2 Å². The van der Waals surface area contributed by atoms with Gasteiger partial charge < -0.3 is 5.11 Å². The lowest BCUT2D eigenvalue weighted by Crippen LogP contribution is -1.99. The Kier molecular flexibility index (Phi) is 3.77. The molecule has 0 amide bonds. The Labute approximate surface area is 104 Å². The minimum absolute atomic E-state index is 0.0696. The number of pyridine rings is 1. The first-order valence-electron chi connectivity index (χ1n) is 5.12. The molecular formula is C13H11NO2S. The Morgan fingerprint density at radius 1 is 1.06 bits per heavy atom. The van der Waals surface area contributed by atoms with Crippen molar-refractivity contribution in [2.24, 2.45) is 0 Å². The van der Waals surface area contributed by atoms with Crippen molar-refractivity contribution in [1.29, 1.82) is 0 Å². The molecule has 1 heterocycles. The van der Waals surface area contributed by atoms with Crippen LogP contribution in [0.3, 0.4) is 0 Å². The van der Waals surface area contributed by atoms with E-state index < -0.39 is 5.97 Å². The van der Waals surface area contributed by atoms with Crippen molar-refractivity contribution in [3.8, 4) is 0 Å². The van der Waals surface area contributed by atoms with Crippen LogP contribution in [0.4, 0.5) is 0 Å². The molecule has 0 saturated carbocycles. The third-order valence-electron chi connectivity index (χ3n) is 2.16. The molecule has 3 nitrogen and oxygen atoms in total. The van der Waals surface area contributed by atoms with E-state index in [0.717, 1.165) is 15.4 Å². The molecule has 2 aromatic rings. The van der Waals surface area contributed by atoms with Gasteiger partial charge in [-0.3, -0.25) is 9.78 Å². The molecule has 0 radical (unpaired) electrons. The standard InChI is InChI=1S/C13H11NO2S/c15-13(16)9-10-1-3-11(4-2-10)17-12-5-7-14-8-6-12/h1-8H,9H2,(H,15,16). The highest BCUT2D eigenvalue weighted by molar-refractivity contribution is 7.99. The van der Waals surface area contributed by atoms with Gasteiger partial charge in [0.25, 0.3) is 0 Å². The molecule has 1 aromatic heterocycles. The van der Waals surface area contributed by atoms with Gasteiger partial charge in [0, 0.05) is 22.2 Å². The zero-order chi connectivity index (χ0) is 12.1. The molecular weight excluding hydrogens is 234 g/mol. The topological polar surface area (TPSA) is 50.2 Å². The molecule has 0 aliphatic rings. The number of hydrogen-bond donors (Lipinski definition) is 1. The molecule has 86 valence electrons. The summed E-state index contributed by atoms with van der Waals surface area (Å²) in [6.07, 6.45) is 3.57. The van der Waals surface area contributed by atoms with E-state index in [2.05, 4.69) is 4.98 Å². The number of carbonyl (C=O) groups is 1. The molecule has 1 N–H and O–H groups in total. The molecule has 0 spiro atoms. The van der Waals surface area contributed by atoms with Crippen LogP contribution >= 0.6 is 11.8 Å². The Morgan fingerprint density at radius 2 is 1.65 bits per heavy atom. The summed E-state index contributed by atoms with van der Waals surface area (Å²) < 4.78 is 0. The van der Waals surface area contributed by atoms with Gasteiger partial charge in [0.15, 0.2) is 0 Å². The molecule has 0 saturated heterocycles. The van der Waals surface area contributed by atoms with Gasteiger partial charge in [0.1, 0.15) is 0 Å². The largest absolute Gasteiger partial charge is 0.481 e. The van der Waals surface area contributed by atoms with Crippen molar-refractivity contribution in [2.75, 3.05) is 0 Å². The summed E-state index contributed by atoms with van der Waals surface area (Å²) in [6.45, 7) is 0.